The van der Waals surface area contributed by atoms with Crippen molar-refractivity contribution in [3.05, 3.63) is 64.7 Å². The first kappa shape index (κ1) is 22.2. The lowest BCUT2D eigenvalue weighted by Gasteiger charge is -2.22. The van der Waals surface area contributed by atoms with Crippen molar-refractivity contribution in [3.8, 4) is 5.75 Å². The molecule has 0 aliphatic heterocycles. The van der Waals surface area contributed by atoms with E-state index in [1.165, 1.54) is 14.0 Å². The first-order valence-corrected chi connectivity index (χ1v) is 9.41. The fourth-order valence-corrected chi connectivity index (χ4v) is 3.15. The van der Waals surface area contributed by atoms with Crippen molar-refractivity contribution in [2.45, 2.75) is 31.8 Å². The van der Waals surface area contributed by atoms with Crippen LogP contribution >= 0.6 is 11.6 Å². The van der Waals surface area contributed by atoms with Crippen LogP contribution in [0.1, 0.15) is 18.1 Å². The Labute approximate surface area is 174 Å². The molecule has 0 aromatic heterocycles. The molecule has 0 saturated carbocycles. The average Bonchev–Trinajstić information content (AvgIpc) is 2.67. The maximum Gasteiger partial charge on any atom is 0.243 e. The zero-order valence-corrected chi connectivity index (χ0v) is 17.0. The SMILES string of the molecule is COc1ccc(C[C@H](NC(=O)[C@H](Cc2ccccc2)NC(C)=O)C(N)=O)cc1Cl. The van der Waals surface area contributed by atoms with Crippen LogP contribution in [0.5, 0.6) is 5.75 Å². The monoisotopic (exact) mass is 417 g/mol. The number of nitrogens with two attached hydrogens (primary N) is 1. The Morgan fingerprint density at radius 2 is 1.66 bits per heavy atom. The minimum atomic E-state index is -0.959. The van der Waals surface area contributed by atoms with Crippen LogP contribution in [0.4, 0.5) is 0 Å². The number of halogens is 1. The highest BCUT2D eigenvalue weighted by molar-refractivity contribution is 6.32. The third-order valence-corrected chi connectivity index (χ3v) is 4.59. The molecule has 0 fully saturated rings. The van der Waals surface area contributed by atoms with Crippen LogP contribution in [0, 0.1) is 0 Å². The number of carbonyl (C=O) groups is 3. The molecule has 0 unspecified atom stereocenters. The van der Waals surface area contributed by atoms with Gasteiger partial charge in [0.25, 0.3) is 0 Å². The summed E-state index contributed by atoms with van der Waals surface area (Å²) in [6.07, 6.45) is 0.439. The summed E-state index contributed by atoms with van der Waals surface area (Å²) in [6.45, 7) is 1.33. The molecular weight excluding hydrogens is 394 g/mol. The number of hydrogen-bond donors (Lipinski definition) is 3. The van der Waals surface area contributed by atoms with Crippen molar-refractivity contribution in [1.82, 2.24) is 10.6 Å². The molecule has 7 nitrogen and oxygen atoms in total. The Morgan fingerprint density at radius 3 is 2.21 bits per heavy atom. The second kappa shape index (κ2) is 10.5. The molecule has 0 heterocycles. The quantitative estimate of drug-likeness (QED) is 0.575. The molecule has 4 N–H and O–H groups in total. The molecule has 0 aliphatic carbocycles. The fraction of sp³-hybridized carbons (Fsp3) is 0.286. The number of rotatable bonds is 9. The Morgan fingerprint density at radius 1 is 1.00 bits per heavy atom. The van der Waals surface area contributed by atoms with Crippen LogP contribution in [0.25, 0.3) is 0 Å². The van der Waals surface area contributed by atoms with E-state index < -0.39 is 23.9 Å². The van der Waals surface area contributed by atoms with Crippen LogP contribution in [-0.4, -0.2) is 36.9 Å². The molecule has 0 radical (unpaired) electrons. The standard InChI is InChI=1S/C21H24ClN3O4/c1-13(26)24-18(11-14-6-4-3-5-7-14)21(28)25-17(20(23)27)12-15-8-9-19(29-2)16(22)10-15/h3-10,17-18H,11-12H2,1-2H3,(H2,23,27)(H,24,26)(H,25,28)/t17-,18-/m0/s1. The van der Waals surface area contributed by atoms with E-state index in [2.05, 4.69) is 10.6 Å². The van der Waals surface area contributed by atoms with Crippen molar-refractivity contribution < 1.29 is 19.1 Å². The molecule has 0 saturated heterocycles. The van der Waals surface area contributed by atoms with Gasteiger partial charge in [-0.2, -0.15) is 0 Å². The summed E-state index contributed by atoms with van der Waals surface area (Å²) in [5.41, 5.74) is 7.06. The van der Waals surface area contributed by atoms with Crippen molar-refractivity contribution >= 4 is 29.3 Å². The third kappa shape index (κ3) is 6.80. The molecular formula is C21H24ClN3O4. The van der Waals surface area contributed by atoms with Gasteiger partial charge in [-0.3, -0.25) is 14.4 Å². The lowest BCUT2D eigenvalue weighted by molar-refractivity contribution is -0.130. The first-order valence-electron chi connectivity index (χ1n) is 9.03. The first-order chi connectivity index (χ1) is 13.8. The van der Waals surface area contributed by atoms with E-state index in [4.69, 9.17) is 22.1 Å². The highest BCUT2D eigenvalue weighted by atomic mass is 35.5. The summed E-state index contributed by atoms with van der Waals surface area (Å²) >= 11 is 6.12. The van der Waals surface area contributed by atoms with Gasteiger partial charge < -0.3 is 21.1 Å². The van der Waals surface area contributed by atoms with E-state index >= 15 is 0 Å². The van der Waals surface area contributed by atoms with Crippen LogP contribution in [0.15, 0.2) is 48.5 Å². The minimum absolute atomic E-state index is 0.156. The van der Waals surface area contributed by atoms with Gasteiger partial charge in [0.1, 0.15) is 17.8 Å². The van der Waals surface area contributed by atoms with Crippen LogP contribution in [-0.2, 0) is 27.2 Å². The van der Waals surface area contributed by atoms with Gasteiger partial charge in [-0.15, -0.1) is 0 Å². The smallest absolute Gasteiger partial charge is 0.243 e. The van der Waals surface area contributed by atoms with E-state index in [1.807, 2.05) is 30.3 Å². The van der Waals surface area contributed by atoms with Gasteiger partial charge >= 0.3 is 0 Å². The van der Waals surface area contributed by atoms with Crippen LogP contribution in [0.3, 0.4) is 0 Å². The van der Waals surface area contributed by atoms with Gasteiger partial charge in [0.15, 0.2) is 0 Å². The average molecular weight is 418 g/mol. The normalized spacial score (nSPS) is 12.5. The van der Waals surface area contributed by atoms with Crippen LogP contribution in [0.2, 0.25) is 5.02 Å². The lowest BCUT2D eigenvalue weighted by Crippen LogP contribution is -2.54. The molecule has 29 heavy (non-hydrogen) atoms. The second-order valence-corrected chi connectivity index (χ2v) is 6.99. The molecule has 0 bridgehead atoms. The Bertz CT molecular complexity index is 873. The Kier molecular flexibility index (Phi) is 8.03. The highest BCUT2D eigenvalue weighted by Crippen LogP contribution is 2.25. The number of hydrogen-bond acceptors (Lipinski definition) is 4. The number of amides is 3. The van der Waals surface area contributed by atoms with Gasteiger partial charge in [-0.25, -0.2) is 0 Å². The second-order valence-electron chi connectivity index (χ2n) is 6.58. The number of nitrogens with one attached hydrogen (secondary N) is 2. The van der Waals surface area contributed by atoms with E-state index in [9.17, 15) is 14.4 Å². The number of carbonyl (C=O) groups excluding carboxylic acids is 3. The zero-order valence-electron chi connectivity index (χ0n) is 16.3. The molecule has 2 aromatic carbocycles. The Balaban J connectivity index is 2.13. The predicted octanol–water partition coefficient (Wildman–Crippen LogP) is 1.61. The maximum absolute atomic E-state index is 12.8. The maximum atomic E-state index is 12.8. The van der Waals surface area contributed by atoms with Crippen molar-refractivity contribution in [3.63, 3.8) is 0 Å². The van der Waals surface area contributed by atoms with Gasteiger partial charge in [-0.05, 0) is 23.3 Å². The molecule has 2 atom stereocenters. The number of methoxy groups -OCH3 is 1. The number of primary amides is 1. The Hall–Kier alpha value is -3.06. The molecule has 2 rings (SSSR count). The largest absolute Gasteiger partial charge is 0.495 e. The summed E-state index contributed by atoms with van der Waals surface area (Å²) < 4.78 is 5.11. The van der Waals surface area contributed by atoms with Crippen LogP contribution < -0.4 is 21.1 Å². The van der Waals surface area contributed by atoms with Gasteiger partial charge in [0.05, 0.1) is 12.1 Å². The third-order valence-electron chi connectivity index (χ3n) is 4.29. The van der Waals surface area contributed by atoms with E-state index in [-0.39, 0.29) is 18.7 Å². The van der Waals surface area contributed by atoms with Gasteiger partial charge in [-0.1, -0.05) is 48.0 Å². The summed E-state index contributed by atoms with van der Waals surface area (Å²) in [6, 6.07) is 12.5. The zero-order chi connectivity index (χ0) is 21.4. The summed E-state index contributed by atoms with van der Waals surface area (Å²) in [5, 5.41) is 5.64. The molecule has 2 aromatic rings. The predicted molar refractivity (Wildman–Crippen MR) is 111 cm³/mol. The van der Waals surface area contributed by atoms with Crippen molar-refractivity contribution in [2.24, 2.45) is 5.73 Å². The number of benzene rings is 2. The van der Waals surface area contributed by atoms with Gasteiger partial charge in [0, 0.05) is 19.8 Å². The molecule has 154 valence electrons. The summed E-state index contributed by atoms with van der Waals surface area (Å²) in [5.74, 6) is -1.03. The summed E-state index contributed by atoms with van der Waals surface area (Å²) in [7, 11) is 1.50. The molecule has 8 heteroatoms. The molecule has 0 aliphatic rings. The topological polar surface area (TPSA) is 111 Å². The number of ether oxygens (including phenoxy) is 1. The highest BCUT2D eigenvalue weighted by Gasteiger charge is 2.25. The minimum Gasteiger partial charge on any atom is -0.495 e. The van der Waals surface area contributed by atoms with E-state index in [0.717, 1.165) is 5.56 Å². The van der Waals surface area contributed by atoms with Gasteiger partial charge in [0.2, 0.25) is 17.7 Å². The van der Waals surface area contributed by atoms with E-state index in [1.54, 1.807) is 18.2 Å². The van der Waals surface area contributed by atoms with E-state index in [0.29, 0.717) is 16.3 Å². The van der Waals surface area contributed by atoms with Crippen molar-refractivity contribution in [1.29, 1.82) is 0 Å². The fourth-order valence-electron chi connectivity index (χ4n) is 2.87. The van der Waals surface area contributed by atoms with Crippen molar-refractivity contribution in [2.75, 3.05) is 7.11 Å². The molecule has 0 spiro atoms. The molecule has 3 amide bonds. The lowest BCUT2D eigenvalue weighted by atomic mass is 10.0. The summed E-state index contributed by atoms with van der Waals surface area (Å²) in [4.78, 5) is 36.2.